The fraction of sp³-hybridized carbons (Fsp3) is 0.600. The molecule has 0 saturated carbocycles. The van der Waals surface area contributed by atoms with Crippen LogP contribution in [0, 0.1) is 11.8 Å². The number of aliphatic hydroxyl groups is 1. The van der Waals surface area contributed by atoms with Gasteiger partial charge in [0.1, 0.15) is 0 Å². The van der Waals surface area contributed by atoms with Crippen molar-refractivity contribution in [2.24, 2.45) is 17.6 Å². The molecule has 1 aromatic rings. The summed E-state index contributed by atoms with van der Waals surface area (Å²) in [6.45, 7) is 6.99. The molecule has 0 aromatic heterocycles. The monoisotopic (exact) mass is 235 g/mol. The highest BCUT2D eigenvalue weighted by Gasteiger charge is 2.22. The lowest BCUT2D eigenvalue weighted by Gasteiger charge is -2.25. The van der Waals surface area contributed by atoms with Gasteiger partial charge in [0.25, 0.3) is 0 Å². The molecule has 17 heavy (non-hydrogen) atoms. The molecule has 0 bridgehead atoms. The lowest BCUT2D eigenvalue weighted by molar-refractivity contribution is 0.0987. The van der Waals surface area contributed by atoms with Crippen LogP contribution in [0.3, 0.4) is 0 Å². The average Bonchev–Trinajstić information content (AvgIpc) is 2.34. The maximum absolute atomic E-state index is 10.5. The molecule has 0 heterocycles. The first-order valence-corrected chi connectivity index (χ1v) is 6.56. The summed E-state index contributed by atoms with van der Waals surface area (Å²) >= 11 is 0. The summed E-state index contributed by atoms with van der Waals surface area (Å²) in [7, 11) is 0. The highest BCUT2D eigenvalue weighted by atomic mass is 16.3. The minimum Gasteiger partial charge on any atom is -0.388 e. The minimum atomic E-state index is -0.432. The second-order valence-electron chi connectivity index (χ2n) is 5.12. The van der Waals surface area contributed by atoms with Crippen LogP contribution < -0.4 is 5.73 Å². The second kappa shape index (κ2) is 6.77. The average molecular weight is 235 g/mol. The number of hydrogen-bond acceptors (Lipinski definition) is 2. The van der Waals surface area contributed by atoms with Crippen LogP contribution in [0.25, 0.3) is 0 Å². The van der Waals surface area contributed by atoms with Gasteiger partial charge >= 0.3 is 0 Å². The number of nitrogens with two attached hydrogens (primary N) is 1. The highest BCUT2D eigenvalue weighted by molar-refractivity contribution is 5.29. The van der Waals surface area contributed by atoms with Crippen LogP contribution in [0.15, 0.2) is 24.3 Å². The summed E-state index contributed by atoms with van der Waals surface area (Å²) < 4.78 is 0. The van der Waals surface area contributed by atoms with Gasteiger partial charge in [-0.15, -0.1) is 0 Å². The molecule has 0 aliphatic rings. The lowest BCUT2D eigenvalue weighted by atomic mass is 9.86. The molecule has 0 radical (unpaired) electrons. The SMILES string of the molecule is CCc1ccccc1C(O)C(CN)CC(C)C. The van der Waals surface area contributed by atoms with Gasteiger partial charge in [0.15, 0.2) is 0 Å². The van der Waals surface area contributed by atoms with E-state index in [1.165, 1.54) is 5.56 Å². The first kappa shape index (κ1) is 14.2. The van der Waals surface area contributed by atoms with Crippen molar-refractivity contribution in [2.75, 3.05) is 6.54 Å². The molecule has 2 heteroatoms. The third kappa shape index (κ3) is 3.83. The molecular formula is C15H25NO. The van der Waals surface area contributed by atoms with Crippen LogP contribution in [-0.4, -0.2) is 11.7 Å². The fourth-order valence-corrected chi connectivity index (χ4v) is 2.36. The van der Waals surface area contributed by atoms with E-state index in [4.69, 9.17) is 5.73 Å². The molecule has 0 amide bonds. The Hall–Kier alpha value is -0.860. The van der Waals surface area contributed by atoms with Crippen molar-refractivity contribution in [1.82, 2.24) is 0 Å². The van der Waals surface area contributed by atoms with E-state index in [9.17, 15) is 5.11 Å². The molecule has 3 N–H and O–H groups in total. The molecule has 0 aliphatic carbocycles. The van der Waals surface area contributed by atoms with E-state index in [0.29, 0.717) is 12.5 Å². The summed E-state index contributed by atoms with van der Waals surface area (Å²) in [6, 6.07) is 8.11. The van der Waals surface area contributed by atoms with Gasteiger partial charge in [-0.25, -0.2) is 0 Å². The Kier molecular flexibility index (Phi) is 5.66. The number of benzene rings is 1. The summed E-state index contributed by atoms with van der Waals surface area (Å²) in [6.07, 6.45) is 1.49. The fourth-order valence-electron chi connectivity index (χ4n) is 2.36. The Balaban J connectivity index is 2.89. The Morgan fingerprint density at radius 3 is 2.41 bits per heavy atom. The van der Waals surface area contributed by atoms with E-state index >= 15 is 0 Å². The smallest absolute Gasteiger partial charge is 0.0833 e. The highest BCUT2D eigenvalue weighted by Crippen LogP contribution is 2.29. The topological polar surface area (TPSA) is 46.2 Å². The number of rotatable bonds is 6. The van der Waals surface area contributed by atoms with Crippen molar-refractivity contribution in [3.8, 4) is 0 Å². The normalized spacial score (nSPS) is 14.9. The summed E-state index contributed by atoms with van der Waals surface area (Å²) in [4.78, 5) is 0. The van der Waals surface area contributed by atoms with Crippen LogP contribution >= 0.6 is 0 Å². The lowest BCUT2D eigenvalue weighted by Crippen LogP contribution is -2.24. The first-order chi connectivity index (χ1) is 8.10. The Morgan fingerprint density at radius 1 is 1.24 bits per heavy atom. The molecule has 96 valence electrons. The van der Waals surface area contributed by atoms with Gasteiger partial charge in [-0.3, -0.25) is 0 Å². The Morgan fingerprint density at radius 2 is 1.88 bits per heavy atom. The number of hydrogen-bond donors (Lipinski definition) is 2. The van der Waals surface area contributed by atoms with E-state index < -0.39 is 6.10 Å². The predicted octanol–water partition coefficient (Wildman–Crippen LogP) is 2.90. The molecule has 0 aliphatic heterocycles. The zero-order valence-electron chi connectivity index (χ0n) is 11.2. The maximum Gasteiger partial charge on any atom is 0.0833 e. The van der Waals surface area contributed by atoms with Gasteiger partial charge in [-0.1, -0.05) is 45.0 Å². The third-order valence-electron chi connectivity index (χ3n) is 3.28. The molecule has 1 rings (SSSR count). The van der Waals surface area contributed by atoms with Crippen molar-refractivity contribution < 1.29 is 5.11 Å². The zero-order valence-corrected chi connectivity index (χ0v) is 11.2. The molecule has 2 atom stereocenters. The van der Waals surface area contributed by atoms with Gasteiger partial charge in [0, 0.05) is 5.92 Å². The molecular weight excluding hydrogens is 210 g/mol. The molecule has 0 fully saturated rings. The maximum atomic E-state index is 10.5. The Labute approximate surface area is 105 Å². The van der Waals surface area contributed by atoms with Crippen LogP contribution in [0.5, 0.6) is 0 Å². The van der Waals surface area contributed by atoms with Crippen molar-refractivity contribution in [3.63, 3.8) is 0 Å². The Bertz CT molecular complexity index is 335. The van der Waals surface area contributed by atoms with E-state index in [-0.39, 0.29) is 5.92 Å². The van der Waals surface area contributed by atoms with E-state index in [0.717, 1.165) is 18.4 Å². The zero-order chi connectivity index (χ0) is 12.8. The number of aliphatic hydroxyl groups excluding tert-OH is 1. The summed E-state index contributed by atoms with van der Waals surface area (Å²) in [5.74, 6) is 0.717. The van der Waals surface area contributed by atoms with Crippen LogP contribution in [0.1, 0.15) is 44.4 Å². The van der Waals surface area contributed by atoms with Gasteiger partial charge in [-0.2, -0.15) is 0 Å². The third-order valence-corrected chi connectivity index (χ3v) is 3.28. The van der Waals surface area contributed by atoms with Crippen molar-refractivity contribution in [3.05, 3.63) is 35.4 Å². The van der Waals surface area contributed by atoms with Crippen LogP contribution in [0.2, 0.25) is 0 Å². The second-order valence-corrected chi connectivity index (χ2v) is 5.12. The quantitative estimate of drug-likeness (QED) is 0.796. The molecule has 1 aromatic carbocycles. The van der Waals surface area contributed by atoms with Crippen molar-refractivity contribution in [2.45, 2.75) is 39.7 Å². The van der Waals surface area contributed by atoms with Gasteiger partial charge in [0.05, 0.1) is 6.10 Å². The summed E-state index contributed by atoms with van der Waals surface area (Å²) in [5, 5.41) is 10.5. The van der Waals surface area contributed by atoms with Gasteiger partial charge in [0.2, 0.25) is 0 Å². The number of aryl methyl sites for hydroxylation is 1. The van der Waals surface area contributed by atoms with Crippen LogP contribution in [-0.2, 0) is 6.42 Å². The van der Waals surface area contributed by atoms with Gasteiger partial charge < -0.3 is 10.8 Å². The van der Waals surface area contributed by atoms with E-state index in [1.807, 2.05) is 18.2 Å². The molecule has 0 saturated heterocycles. The van der Waals surface area contributed by atoms with Crippen molar-refractivity contribution in [1.29, 1.82) is 0 Å². The molecule has 2 nitrogen and oxygen atoms in total. The predicted molar refractivity (Wildman–Crippen MR) is 72.8 cm³/mol. The van der Waals surface area contributed by atoms with Crippen molar-refractivity contribution >= 4 is 0 Å². The molecule has 2 unspecified atom stereocenters. The largest absolute Gasteiger partial charge is 0.388 e. The summed E-state index contributed by atoms with van der Waals surface area (Å²) in [5.41, 5.74) is 8.06. The molecule has 0 spiro atoms. The minimum absolute atomic E-state index is 0.155. The van der Waals surface area contributed by atoms with E-state index in [1.54, 1.807) is 0 Å². The van der Waals surface area contributed by atoms with Gasteiger partial charge in [-0.05, 0) is 36.4 Å². The van der Waals surface area contributed by atoms with Crippen LogP contribution in [0.4, 0.5) is 0 Å². The standard InChI is InChI=1S/C15H25NO/c1-4-12-7-5-6-8-14(12)15(17)13(10-16)9-11(2)3/h5-8,11,13,15,17H,4,9-10,16H2,1-3H3. The van der Waals surface area contributed by atoms with E-state index in [2.05, 4.69) is 26.8 Å². The first-order valence-electron chi connectivity index (χ1n) is 6.56.